The van der Waals surface area contributed by atoms with E-state index in [4.69, 9.17) is 0 Å². The fourth-order valence-corrected chi connectivity index (χ4v) is 1.70. The van der Waals surface area contributed by atoms with E-state index in [0.29, 0.717) is 11.7 Å². The van der Waals surface area contributed by atoms with Gasteiger partial charge in [-0.2, -0.15) is 0 Å². The lowest BCUT2D eigenvalue weighted by molar-refractivity contribution is -0.138. The maximum absolute atomic E-state index is 11.1. The largest absolute Gasteiger partial charge is 0.468 e. The van der Waals surface area contributed by atoms with Crippen LogP contribution in [0.4, 0.5) is 11.6 Å². The molecule has 0 bridgehead atoms. The molecule has 0 saturated heterocycles. The van der Waals surface area contributed by atoms with Gasteiger partial charge in [-0.1, -0.05) is 0 Å². The van der Waals surface area contributed by atoms with Gasteiger partial charge >= 0.3 is 5.97 Å². The molecule has 0 atom stereocenters. The summed E-state index contributed by atoms with van der Waals surface area (Å²) in [5.41, 5.74) is 0.908. The predicted molar refractivity (Wildman–Crippen MR) is 68.8 cm³/mol. The number of carbonyl (C=O) groups is 1. The molecule has 0 radical (unpaired) electrons. The molecule has 6 nitrogen and oxygen atoms in total. The summed E-state index contributed by atoms with van der Waals surface area (Å²) in [7, 11) is 3.20. The molecular weight excluding hydrogens is 232 g/mol. The molecule has 0 spiro atoms. The maximum Gasteiger partial charge on any atom is 0.325 e. The molecule has 0 unspecified atom stereocenters. The Balaban J connectivity index is 2.21. The number of nitrogens with zero attached hydrogens (tertiary/aromatic N) is 2. The van der Waals surface area contributed by atoms with Gasteiger partial charge in [-0.25, -0.2) is 9.97 Å². The van der Waals surface area contributed by atoms with E-state index in [1.54, 1.807) is 0 Å². The van der Waals surface area contributed by atoms with Crippen molar-refractivity contribution in [1.29, 1.82) is 0 Å². The first kappa shape index (κ1) is 12.6. The van der Waals surface area contributed by atoms with Gasteiger partial charge in [0, 0.05) is 18.5 Å². The topological polar surface area (TPSA) is 76.1 Å². The zero-order chi connectivity index (χ0) is 13.1. The van der Waals surface area contributed by atoms with Gasteiger partial charge in [0.15, 0.2) is 0 Å². The van der Waals surface area contributed by atoms with E-state index in [2.05, 4.69) is 25.3 Å². The summed E-state index contributed by atoms with van der Waals surface area (Å²) in [6, 6.07) is 0. The van der Waals surface area contributed by atoms with Crippen molar-refractivity contribution < 1.29 is 9.53 Å². The number of methoxy groups -OCH3 is 1. The van der Waals surface area contributed by atoms with Gasteiger partial charge in [0.1, 0.15) is 24.0 Å². The second kappa shape index (κ2) is 5.20. The first-order valence-electron chi connectivity index (χ1n) is 6.02. The smallest absolute Gasteiger partial charge is 0.325 e. The molecule has 2 rings (SSSR count). The van der Waals surface area contributed by atoms with E-state index in [1.807, 2.05) is 14.0 Å². The lowest BCUT2D eigenvalue weighted by atomic mass is 10.2. The molecule has 0 aliphatic heterocycles. The summed E-state index contributed by atoms with van der Waals surface area (Å²) in [4.78, 5) is 20.1. The molecule has 1 fully saturated rings. The SMILES string of the molecule is CNc1nc(C2CC2)nc(NCC(=O)OC)c1C. The third-order valence-electron chi connectivity index (χ3n) is 2.97. The summed E-state index contributed by atoms with van der Waals surface area (Å²) in [6.07, 6.45) is 2.28. The number of carbonyl (C=O) groups excluding carboxylic acids is 1. The average molecular weight is 250 g/mol. The van der Waals surface area contributed by atoms with Gasteiger partial charge in [0.25, 0.3) is 0 Å². The van der Waals surface area contributed by atoms with Crippen LogP contribution in [0.1, 0.15) is 30.1 Å². The van der Waals surface area contributed by atoms with Crippen LogP contribution in [0.15, 0.2) is 0 Å². The fraction of sp³-hybridized carbons (Fsp3) is 0.583. The standard InChI is InChI=1S/C12H18N4O2/c1-7-10(13-2)15-12(8-4-5-8)16-11(7)14-6-9(17)18-3/h8H,4-6H2,1-3H3,(H2,13,14,15,16). The Morgan fingerprint density at radius 1 is 1.39 bits per heavy atom. The zero-order valence-electron chi connectivity index (χ0n) is 10.9. The van der Waals surface area contributed by atoms with Gasteiger partial charge in [0.05, 0.1) is 7.11 Å². The summed E-state index contributed by atoms with van der Waals surface area (Å²) < 4.78 is 4.60. The Hall–Kier alpha value is -1.85. The Labute approximate surface area is 106 Å². The summed E-state index contributed by atoms with van der Waals surface area (Å²) in [5.74, 6) is 2.50. The predicted octanol–water partition coefficient (Wildman–Crippen LogP) is 1.29. The van der Waals surface area contributed by atoms with E-state index in [1.165, 1.54) is 7.11 Å². The average Bonchev–Trinajstić information content (AvgIpc) is 3.21. The lowest BCUT2D eigenvalue weighted by Crippen LogP contribution is -2.17. The Bertz CT molecular complexity index is 458. The highest BCUT2D eigenvalue weighted by Crippen LogP contribution is 2.39. The number of aromatic nitrogens is 2. The van der Waals surface area contributed by atoms with Crippen LogP contribution in [0.2, 0.25) is 0 Å². The van der Waals surface area contributed by atoms with Crippen LogP contribution in [-0.4, -0.2) is 36.6 Å². The van der Waals surface area contributed by atoms with E-state index >= 15 is 0 Å². The van der Waals surface area contributed by atoms with Gasteiger partial charge in [0.2, 0.25) is 0 Å². The maximum atomic E-state index is 11.1. The summed E-state index contributed by atoms with van der Waals surface area (Å²) in [6.45, 7) is 2.03. The van der Waals surface area contributed by atoms with Crippen LogP contribution in [0.5, 0.6) is 0 Å². The normalized spacial score (nSPS) is 14.2. The molecule has 98 valence electrons. The second-order valence-electron chi connectivity index (χ2n) is 4.36. The monoisotopic (exact) mass is 250 g/mol. The molecule has 1 saturated carbocycles. The van der Waals surface area contributed by atoms with Crippen molar-refractivity contribution in [2.75, 3.05) is 31.3 Å². The van der Waals surface area contributed by atoms with Crippen molar-refractivity contribution in [3.63, 3.8) is 0 Å². The van der Waals surface area contributed by atoms with E-state index < -0.39 is 0 Å². The second-order valence-corrected chi connectivity index (χ2v) is 4.36. The Morgan fingerprint density at radius 3 is 2.61 bits per heavy atom. The number of hydrogen-bond acceptors (Lipinski definition) is 6. The number of rotatable bonds is 5. The van der Waals surface area contributed by atoms with Crippen LogP contribution in [0.25, 0.3) is 0 Å². The van der Waals surface area contributed by atoms with Crippen LogP contribution in [0.3, 0.4) is 0 Å². The molecule has 0 aromatic carbocycles. The third-order valence-corrected chi connectivity index (χ3v) is 2.97. The van der Waals surface area contributed by atoms with Crippen LogP contribution >= 0.6 is 0 Å². The zero-order valence-corrected chi connectivity index (χ0v) is 10.9. The van der Waals surface area contributed by atoms with Crippen LogP contribution in [0, 0.1) is 6.92 Å². The first-order valence-corrected chi connectivity index (χ1v) is 6.02. The van der Waals surface area contributed by atoms with E-state index in [0.717, 1.165) is 30.0 Å². The molecule has 1 aliphatic carbocycles. The van der Waals surface area contributed by atoms with Crippen LogP contribution < -0.4 is 10.6 Å². The van der Waals surface area contributed by atoms with E-state index in [9.17, 15) is 4.79 Å². The van der Waals surface area contributed by atoms with Crippen molar-refractivity contribution >= 4 is 17.6 Å². The van der Waals surface area contributed by atoms with E-state index in [-0.39, 0.29) is 12.5 Å². The number of anilines is 2. The van der Waals surface area contributed by atoms with Crippen LogP contribution in [-0.2, 0) is 9.53 Å². The Kier molecular flexibility index (Phi) is 3.64. The number of nitrogens with one attached hydrogen (secondary N) is 2. The quantitative estimate of drug-likeness (QED) is 0.767. The highest BCUT2D eigenvalue weighted by Gasteiger charge is 2.28. The molecule has 0 amide bonds. The van der Waals surface area contributed by atoms with Crippen molar-refractivity contribution in [2.45, 2.75) is 25.7 Å². The highest BCUT2D eigenvalue weighted by atomic mass is 16.5. The van der Waals surface area contributed by atoms with Crippen molar-refractivity contribution in [1.82, 2.24) is 9.97 Å². The van der Waals surface area contributed by atoms with Gasteiger partial charge < -0.3 is 15.4 Å². The molecule has 1 heterocycles. The lowest BCUT2D eigenvalue weighted by Gasteiger charge is -2.12. The minimum Gasteiger partial charge on any atom is -0.468 e. The van der Waals surface area contributed by atoms with Gasteiger partial charge in [-0.3, -0.25) is 4.79 Å². The first-order chi connectivity index (χ1) is 8.65. The molecular formula is C12H18N4O2. The minimum atomic E-state index is -0.313. The Morgan fingerprint density at radius 2 is 2.06 bits per heavy atom. The number of ether oxygens (including phenoxy) is 1. The summed E-state index contributed by atoms with van der Waals surface area (Å²) >= 11 is 0. The molecule has 1 aromatic rings. The molecule has 2 N–H and O–H groups in total. The molecule has 18 heavy (non-hydrogen) atoms. The molecule has 6 heteroatoms. The van der Waals surface area contributed by atoms with Crippen molar-refractivity contribution in [3.8, 4) is 0 Å². The molecule has 1 aliphatic rings. The van der Waals surface area contributed by atoms with Crippen molar-refractivity contribution in [3.05, 3.63) is 11.4 Å². The summed E-state index contributed by atoms with van der Waals surface area (Å²) in [5, 5.41) is 6.05. The molecule has 1 aromatic heterocycles. The van der Waals surface area contributed by atoms with Gasteiger partial charge in [-0.05, 0) is 19.8 Å². The number of hydrogen-bond donors (Lipinski definition) is 2. The minimum absolute atomic E-state index is 0.113. The third kappa shape index (κ3) is 2.69. The van der Waals surface area contributed by atoms with Gasteiger partial charge in [-0.15, -0.1) is 0 Å². The highest BCUT2D eigenvalue weighted by molar-refractivity contribution is 5.75. The fourth-order valence-electron chi connectivity index (χ4n) is 1.70. The van der Waals surface area contributed by atoms with Crippen molar-refractivity contribution in [2.24, 2.45) is 0 Å². The number of esters is 1.